The molecule has 142 valence electrons. The van der Waals surface area contributed by atoms with Gasteiger partial charge in [0.15, 0.2) is 11.2 Å². The van der Waals surface area contributed by atoms with Crippen molar-refractivity contribution in [1.82, 2.24) is 0 Å². The fraction of sp³-hybridized carbons (Fsp3) is 0.524. The quantitative estimate of drug-likeness (QED) is 0.324. The summed E-state index contributed by atoms with van der Waals surface area (Å²) in [5, 5.41) is 0. The first-order valence-electron chi connectivity index (χ1n) is 8.91. The predicted molar refractivity (Wildman–Crippen MR) is 98.9 cm³/mol. The summed E-state index contributed by atoms with van der Waals surface area (Å²) >= 11 is 0. The first-order valence-corrected chi connectivity index (χ1v) is 8.91. The van der Waals surface area contributed by atoms with Crippen molar-refractivity contribution in [1.29, 1.82) is 0 Å². The van der Waals surface area contributed by atoms with Gasteiger partial charge < -0.3 is 14.2 Å². The molecule has 2 rings (SSSR count). The molecule has 1 aromatic carbocycles. The van der Waals surface area contributed by atoms with Crippen LogP contribution in [0.25, 0.3) is 0 Å². The summed E-state index contributed by atoms with van der Waals surface area (Å²) in [7, 11) is 1.53. The lowest BCUT2D eigenvalue weighted by Crippen LogP contribution is -2.55. The fourth-order valence-corrected chi connectivity index (χ4v) is 3.13. The zero-order valence-corrected chi connectivity index (χ0v) is 16.0. The van der Waals surface area contributed by atoms with Crippen molar-refractivity contribution in [3.05, 3.63) is 47.5 Å². The molecule has 1 fully saturated rings. The Morgan fingerprint density at radius 2 is 1.92 bits per heavy atom. The van der Waals surface area contributed by atoms with Crippen LogP contribution in [0.5, 0.6) is 0 Å². The maximum atomic E-state index is 12.9. The first-order chi connectivity index (χ1) is 12.3. The lowest BCUT2D eigenvalue weighted by atomic mass is 9.72. The van der Waals surface area contributed by atoms with Crippen molar-refractivity contribution < 1.29 is 23.8 Å². The molecule has 1 aromatic rings. The van der Waals surface area contributed by atoms with Crippen molar-refractivity contribution in [2.75, 3.05) is 20.3 Å². The molecule has 3 atom stereocenters. The van der Waals surface area contributed by atoms with Crippen molar-refractivity contribution in [3.8, 4) is 0 Å². The Morgan fingerprint density at radius 1 is 1.27 bits per heavy atom. The van der Waals surface area contributed by atoms with E-state index >= 15 is 0 Å². The molecule has 26 heavy (non-hydrogen) atoms. The molecule has 5 nitrogen and oxygen atoms in total. The number of Topliss-reactive ketones (excluding diaryl/α,β-unsaturated/α-hetero) is 1. The minimum atomic E-state index is -1.39. The molecule has 1 unspecified atom stereocenters. The largest absolute Gasteiger partial charge is 0.462 e. The van der Waals surface area contributed by atoms with Crippen LogP contribution < -0.4 is 0 Å². The highest BCUT2D eigenvalue weighted by Gasteiger charge is 2.54. The van der Waals surface area contributed by atoms with Gasteiger partial charge in [0.25, 0.3) is 0 Å². The fourth-order valence-electron chi connectivity index (χ4n) is 3.13. The lowest BCUT2D eigenvalue weighted by molar-refractivity contribution is -0.178. The van der Waals surface area contributed by atoms with Crippen LogP contribution in [0.3, 0.4) is 0 Å². The van der Waals surface area contributed by atoms with Crippen molar-refractivity contribution in [3.63, 3.8) is 0 Å². The zero-order valence-electron chi connectivity index (χ0n) is 16.0. The summed E-state index contributed by atoms with van der Waals surface area (Å²) < 4.78 is 16.2. The number of ether oxygens (including phenoxy) is 3. The number of rotatable bonds is 7. The molecule has 0 N–H and O–H groups in total. The second-order valence-electron chi connectivity index (χ2n) is 6.98. The molecule has 1 saturated heterocycles. The van der Waals surface area contributed by atoms with Crippen LogP contribution >= 0.6 is 0 Å². The third-order valence-electron chi connectivity index (χ3n) is 5.03. The summed E-state index contributed by atoms with van der Waals surface area (Å²) in [5.74, 6) is -0.880. The van der Waals surface area contributed by atoms with E-state index in [0.29, 0.717) is 18.4 Å². The minimum absolute atomic E-state index is 0.102. The van der Waals surface area contributed by atoms with Gasteiger partial charge in [-0.15, -0.1) is 0 Å². The van der Waals surface area contributed by atoms with E-state index in [1.165, 1.54) is 12.7 Å². The van der Waals surface area contributed by atoms with Crippen LogP contribution in [-0.4, -0.2) is 44.3 Å². The van der Waals surface area contributed by atoms with Gasteiger partial charge in [0.2, 0.25) is 0 Å². The number of ketones is 1. The molecule has 0 radical (unpaired) electrons. The van der Waals surface area contributed by atoms with E-state index in [4.69, 9.17) is 14.2 Å². The van der Waals surface area contributed by atoms with E-state index in [-0.39, 0.29) is 19.0 Å². The summed E-state index contributed by atoms with van der Waals surface area (Å²) in [5.41, 5.74) is 1.25. The van der Waals surface area contributed by atoms with Gasteiger partial charge in [0, 0.05) is 12.7 Å². The summed E-state index contributed by atoms with van der Waals surface area (Å²) in [4.78, 5) is 25.6. The number of carbonyl (C=O) groups is 2. The zero-order chi connectivity index (χ0) is 19.3. The van der Waals surface area contributed by atoms with E-state index in [9.17, 15) is 9.59 Å². The van der Waals surface area contributed by atoms with E-state index in [1.54, 1.807) is 13.8 Å². The number of aryl methyl sites for hydroxylation is 2. The van der Waals surface area contributed by atoms with Crippen LogP contribution in [0, 0.1) is 12.3 Å². The van der Waals surface area contributed by atoms with Crippen LogP contribution in [0.15, 0.2) is 36.4 Å². The first kappa shape index (κ1) is 20.3. The van der Waals surface area contributed by atoms with Crippen LogP contribution in [0.1, 0.15) is 31.4 Å². The average molecular weight is 360 g/mol. The Labute approximate surface area is 155 Å². The molecule has 0 aliphatic carbocycles. The molecule has 0 saturated carbocycles. The summed E-state index contributed by atoms with van der Waals surface area (Å²) in [6.45, 7) is 9.61. The second-order valence-corrected chi connectivity index (χ2v) is 6.98. The highest BCUT2D eigenvalue weighted by atomic mass is 16.6. The highest BCUT2D eigenvalue weighted by molar-refractivity contribution is 6.13. The maximum Gasteiger partial charge on any atom is 0.322 e. The van der Waals surface area contributed by atoms with Gasteiger partial charge in [0.1, 0.15) is 6.61 Å². The number of carbonyl (C=O) groups excluding carboxylic acids is 2. The van der Waals surface area contributed by atoms with Gasteiger partial charge in [-0.05, 0) is 39.2 Å². The Balaban J connectivity index is 2.18. The monoisotopic (exact) mass is 360 g/mol. The van der Waals surface area contributed by atoms with Crippen molar-refractivity contribution >= 4 is 11.8 Å². The Hall–Kier alpha value is -1.98. The topological polar surface area (TPSA) is 61.8 Å². The SMILES string of the molecule is C=C1C(=O)[C@](C)(C(=O)OCCOC)C(CCc2ccc(C)cc2)O[C@@H]1C. The van der Waals surface area contributed by atoms with Crippen molar-refractivity contribution in [2.24, 2.45) is 5.41 Å². The number of hydrogen-bond acceptors (Lipinski definition) is 5. The molecular formula is C21H28O5. The molecule has 1 heterocycles. The Kier molecular flexibility index (Phi) is 6.73. The molecular weight excluding hydrogens is 332 g/mol. The highest BCUT2D eigenvalue weighted by Crippen LogP contribution is 2.39. The molecule has 5 heteroatoms. The Morgan fingerprint density at radius 3 is 2.54 bits per heavy atom. The molecule has 0 amide bonds. The normalized spacial score (nSPS) is 26.0. The molecule has 0 spiro atoms. The number of benzene rings is 1. The predicted octanol–water partition coefficient (Wildman–Crippen LogP) is 3.04. The van der Waals surface area contributed by atoms with Crippen LogP contribution in [-0.2, 0) is 30.2 Å². The maximum absolute atomic E-state index is 12.9. The van der Waals surface area contributed by atoms with Gasteiger partial charge in [0.05, 0.1) is 18.8 Å². The Bertz CT molecular complexity index is 663. The molecule has 0 aromatic heterocycles. The number of esters is 1. The standard InChI is InChI=1S/C21H28O5/c1-14-6-8-17(9-7-14)10-11-18-21(4,20(23)25-13-12-24-5)19(22)15(2)16(3)26-18/h6-9,16,18H,2,10-13H2,1,3-5H3/t16-,18?,21-/m1/s1. The van der Waals surface area contributed by atoms with Gasteiger partial charge >= 0.3 is 5.97 Å². The third kappa shape index (κ3) is 4.22. The molecule has 0 bridgehead atoms. The average Bonchev–Trinajstić information content (AvgIpc) is 2.63. The van der Waals surface area contributed by atoms with Gasteiger partial charge in [-0.25, -0.2) is 0 Å². The van der Waals surface area contributed by atoms with E-state index in [2.05, 4.69) is 18.7 Å². The summed E-state index contributed by atoms with van der Waals surface area (Å²) in [6.07, 6.45) is 0.276. The lowest BCUT2D eigenvalue weighted by Gasteiger charge is -2.41. The molecule has 1 aliphatic rings. The smallest absolute Gasteiger partial charge is 0.322 e. The second kappa shape index (κ2) is 8.60. The van der Waals surface area contributed by atoms with Gasteiger partial charge in [-0.3, -0.25) is 9.59 Å². The van der Waals surface area contributed by atoms with Gasteiger partial charge in [-0.2, -0.15) is 0 Å². The minimum Gasteiger partial charge on any atom is -0.462 e. The molecule has 1 aliphatic heterocycles. The van der Waals surface area contributed by atoms with E-state index < -0.39 is 23.6 Å². The number of hydrogen-bond donors (Lipinski definition) is 0. The number of methoxy groups -OCH3 is 1. The van der Waals surface area contributed by atoms with E-state index in [1.807, 2.05) is 19.1 Å². The van der Waals surface area contributed by atoms with Gasteiger partial charge in [-0.1, -0.05) is 36.4 Å². The third-order valence-corrected chi connectivity index (χ3v) is 5.03. The van der Waals surface area contributed by atoms with Crippen LogP contribution in [0.4, 0.5) is 0 Å². The van der Waals surface area contributed by atoms with Crippen LogP contribution in [0.2, 0.25) is 0 Å². The van der Waals surface area contributed by atoms with Crippen molar-refractivity contribution in [2.45, 2.75) is 45.8 Å². The van der Waals surface area contributed by atoms with E-state index in [0.717, 1.165) is 5.56 Å². The summed E-state index contributed by atoms with van der Waals surface area (Å²) in [6, 6.07) is 8.20.